The molecule has 1 N–H and O–H groups in total. The van der Waals surface area contributed by atoms with Gasteiger partial charge in [-0.05, 0) is 63.1 Å². The van der Waals surface area contributed by atoms with Crippen molar-refractivity contribution in [1.82, 2.24) is 4.90 Å². The van der Waals surface area contributed by atoms with Crippen molar-refractivity contribution in [2.45, 2.75) is 39.5 Å². The van der Waals surface area contributed by atoms with Gasteiger partial charge in [0.2, 0.25) is 0 Å². The van der Waals surface area contributed by atoms with Crippen molar-refractivity contribution >= 4 is 34.6 Å². The topological polar surface area (TPSA) is 40.5 Å². The number of hydrogen-bond donors (Lipinski definition) is 1. The van der Waals surface area contributed by atoms with E-state index in [-0.39, 0.29) is 5.92 Å². The number of nitrogens with zero attached hydrogens (tertiary/aromatic N) is 1. The molecule has 2 aliphatic heterocycles. The first-order chi connectivity index (χ1) is 12.1. The van der Waals surface area contributed by atoms with Crippen LogP contribution in [0.15, 0.2) is 28.0 Å². The summed E-state index contributed by atoms with van der Waals surface area (Å²) in [5.74, 6) is 0.361. The second-order valence-corrected chi connectivity index (χ2v) is 9.05. The summed E-state index contributed by atoms with van der Waals surface area (Å²) in [5, 5.41) is 11.4. The Bertz CT molecular complexity index is 690. The van der Waals surface area contributed by atoms with E-state index in [0.29, 0.717) is 6.54 Å². The SMILES string of the molecule is CC1=C(/C(=C\CCN2CCC[C@@H](C(=O)O)C2)c2sccc2C)SCC1. The molecule has 0 unspecified atom stereocenters. The molecular weight excluding hydrogens is 350 g/mol. The molecule has 2 aliphatic rings. The third kappa shape index (κ3) is 4.57. The minimum absolute atomic E-state index is 0.188. The molecule has 0 amide bonds. The Hall–Kier alpha value is -1.04. The molecule has 136 valence electrons. The molecule has 1 aromatic heterocycles. The number of likely N-dealkylation sites (tertiary alicyclic amines) is 1. The lowest BCUT2D eigenvalue weighted by Gasteiger charge is -2.30. The predicted octanol–water partition coefficient (Wildman–Crippen LogP) is 5.04. The maximum absolute atomic E-state index is 11.2. The van der Waals surface area contributed by atoms with Gasteiger partial charge in [0.25, 0.3) is 0 Å². The van der Waals surface area contributed by atoms with Crippen molar-refractivity contribution in [2.24, 2.45) is 5.92 Å². The molecule has 0 aromatic carbocycles. The zero-order valence-electron chi connectivity index (χ0n) is 15.1. The van der Waals surface area contributed by atoms with Crippen LogP contribution in [0.3, 0.4) is 0 Å². The Morgan fingerprint density at radius 2 is 2.28 bits per heavy atom. The maximum atomic E-state index is 11.2. The summed E-state index contributed by atoms with van der Waals surface area (Å²) in [6.45, 7) is 7.13. The first kappa shape index (κ1) is 18.7. The number of thiophene rings is 1. The fourth-order valence-corrected chi connectivity index (χ4v) is 5.98. The highest BCUT2D eigenvalue weighted by atomic mass is 32.2. The number of aliphatic carboxylic acids is 1. The number of allylic oxidation sites excluding steroid dienone is 2. The van der Waals surface area contributed by atoms with Gasteiger partial charge < -0.3 is 10.0 Å². The molecule has 0 bridgehead atoms. The van der Waals surface area contributed by atoms with Gasteiger partial charge in [0.1, 0.15) is 0 Å². The van der Waals surface area contributed by atoms with Crippen LogP contribution in [0.2, 0.25) is 0 Å². The van der Waals surface area contributed by atoms with E-state index in [1.165, 1.54) is 38.7 Å². The van der Waals surface area contributed by atoms with Crippen molar-refractivity contribution in [2.75, 3.05) is 25.4 Å². The number of thioether (sulfide) groups is 1. The van der Waals surface area contributed by atoms with Crippen LogP contribution in [-0.4, -0.2) is 41.4 Å². The normalized spacial score (nSPS) is 22.6. The Labute approximate surface area is 158 Å². The van der Waals surface area contributed by atoms with E-state index in [1.54, 1.807) is 0 Å². The van der Waals surface area contributed by atoms with Gasteiger partial charge >= 0.3 is 5.97 Å². The van der Waals surface area contributed by atoms with Gasteiger partial charge in [0, 0.05) is 34.2 Å². The summed E-state index contributed by atoms with van der Waals surface area (Å²) in [7, 11) is 0. The number of aryl methyl sites for hydroxylation is 1. The second kappa shape index (κ2) is 8.56. The highest BCUT2D eigenvalue weighted by Crippen LogP contribution is 2.43. The average molecular weight is 378 g/mol. The Balaban J connectivity index is 1.71. The molecule has 1 saturated heterocycles. The number of rotatable bonds is 6. The van der Waals surface area contributed by atoms with E-state index >= 15 is 0 Å². The smallest absolute Gasteiger partial charge is 0.307 e. The molecule has 3 heterocycles. The minimum Gasteiger partial charge on any atom is -0.481 e. The van der Waals surface area contributed by atoms with Crippen molar-refractivity contribution < 1.29 is 9.90 Å². The third-order valence-electron chi connectivity index (χ3n) is 5.11. The van der Waals surface area contributed by atoms with E-state index in [4.69, 9.17) is 0 Å². The van der Waals surface area contributed by atoms with Gasteiger partial charge in [-0.2, -0.15) is 0 Å². The molecule has 5 heteroatoms. The first-order valence-corrected chi connectivity index (χ1v) is 11.0. The zero-order valence-corrected chi connectivity index (χ0v) is 16.7. The number of carboxylic acid groups (broad SMARTS) is 1. The molecule has 3 nitrogen and oxygen atoms in total. The van der Waals surface area contributed by atoms with E-state index in [0.717, 1.165) is 32.4 Å². The lowest BCUT2D eigenvalue weighted by Crippen LogP contribution is -2.39. The molecule has 0 aliphatic carbocycles. The van der Waals surface area contributed by atoms with Crippen LogP contribution in [0.25, 0.3) is 5.57 Å². The molecule has 3 rings (SSSR count). The van der Waals surface area contributed by atoms with E-state index in [9.17, 15) is 9.90 Å². The minimum atomic E-state index is -0.640. The van der Waals surface area contributed by atoms with Crippen LogP contribution < -0.4 is 0 Å². The van der Waals surface area contributed by atoms with Gasteiger partial charge in [-0.1, -0.05) is 11.6 Å². The molecule has 0 saturated carbocycles. The van der Waals surface area contributed by atoms with Crippen LogP contribution >= 0.6 is 23.1 Å². The maximum Gasteiger partial charge on any atom is 0.307 e. The van der Waals surface area contributed by atoms with Crippen molar-refractivity contribution in [3.63, 3.8) is 0 Å². The predicted molar refractivity (Wildman–Crippen MR) is 108 cm³/mol. The summed E-state index contributed by atoms with van der Waals surface area (Å²) in [4.78, 5) is 16.4. The van der Waals surface area contributed by atoms with Crippen LogP contribution in [0.4, 0.5) is 0 Å². The Morgan fingerprint density at radius 3 is 2.92 bits per heavy atom. The van der Waals surface area contributed by atoms with Gasteiger partial charge in [-0.15, -0.1) is 23.1 Å². The number of carboxylic acids is 1. The van der Waals surface area contributed by atoms with Crippen LogP contribution in [0.5, 0.6) is 0 Å². The summed E-state index contributed by atoms with van der Waals surface area (Å²) in [6, 6.07) is 2.20. The standard InChI is InChI=1S/C20H27NO2S2/c1-14-7-11-24-18(14)17(19-15(2)8-12-25-19)6-4-10-21-9-3-5-16(13-21)20(22)23/h6-7,11,16H,3-5,8-10,12-13H2,1-2H3,(H,22,23)/b17-6-/t16-/m1/s1. The molecule has 1 atom stereocenters. The largest absolute Gasteiger partial charge is 0.481 e. The number of carbonyl (C=O) groups is 1. The molecule has 0 radical (unpaired) electrons. The van der Waals surface area contributed by atoms with Crippen molar-refractivity contribution in [3.05, 3.63) is 38.4 Å². The van der Waals surface area contributed by atoms with E-state index in [2.05, 4.69) is 36.3 Å². The highest BCUT2D eigenvalue weighted by Gasteiger charge is 2.25. The second-order valence-electron chi connectivity index (χ2n) is 7.03. The fraction of sp³-hybridized carbons (Fsp3) is 0.550. The first-order valence-electron chi connectivity index (χ1n) is 9.09. The summed E-state index contributed by atoms with van der Waals surface area (Å²) < 4.78 is 0. The summed E-state index contributed by atoms with van der Waals surface area (Å²) >= 11 is 3.81. The highest BCUT2D eigenvalue weighted by molar-refractivity contribution is 8.03. The van der Waals surface area contributed by atoms with Gasteiger partial charge in [0.05, 0.1) is 5.92 Å². The van der Waals surface area contributed by atoms with Gasteiger partial charge in [-0.3, -0.25) is 4.79 Å². The summed E-state index contributed by atoms with van der Waals surface area (Å²) in [6.07, 6.45) is 6.38. The molecule has 0 spiro atoms. The molecule has 25 heavy (non-hydrogen) atoms. The molecule has 1 fully saturated rings. The number of hydrogen-bond acceptors (Lipinski definition) is 4. The zero-order chi connectivity index (χ0) is 17.8. The van der Waals surface area contributed by atoms with Crippen LogP contribution in [-0.2, 0) is 4.79 Å². The summed E-state index contributed by atoms with van der Waals surface area (Å²) in [5.41, 5.74) is 4.26. The van der Waals surface area contributed by atoms with Crippen LogP contribution in [0.1, 0.15) is 43.0 Å². The lowest BCUT2D eigenvalue weighted by atomic mass is 9.98. The van der Waals surface area contributed by atoms with Gasteiger partial charge in [-0.25, -0.2) is 0 Å². The van der Waals surface area contributed by atoms with E-state index in [1.807, 2.05) is 23.1 Å². The van der Waals surface area contributed by atoms with Gasteiger partial charge in [0.15, 0.2) is 0 Å². The van der Waals surface area contributed by atoms with Crippen molar-refractivity contribution in [1.29, 1.82) is 0 Å². The van der Waals surface area contributed by atoms with Crippen molar-refractivity contribution in [3.8, 4) is 0 Å². The van der Waals surface area contributed by atoms with Crippen LogP contribution in [0, 0.1) is 12.8 Å². The molecule has 1 aromatic rings. The average Bonchev–Trinajstić information content (AvgIpc) is 3.21. The number of piperidine rings is 1. The quantitative estimate of drug-likeness (QED) is 0.754. The lowest BCUT2D eigenvalue weighted by molar-refractivity contribution is -0.143. The molecular formula is C20H27NO2S2. The van der Waals surface area contributed by atoms with E-state index < -0.39 is 5.97 Å². The Morgan fingerprint density at radius 1 is 1.44 bits per heavy atom. The third-order valence-corrected chi connectivity index (χ3v) is 7.43. The fourth-order valence-electron chi connectivity index (χ4n) is 3.64. The Kier molecular flexibility index (Phi) is 6.42. The monoisotopic (exact) mass is 377 g/mol.